The minimum absolute atomic E-state index is 0.857. The van der Waals surface area contributed by atoms with E-state index in [1.807, 2.05) is 0 Å². The Balaban J connectivity index is 0.655. The Labute approximate surface area is 496 Å². The van der Waals surface area contributed by atoms with Crippen molar-refractivity contribution >= 4 is 0 Å². The lowest BCUT2D eigenvalue weighted by Gasteiger charge is -2.54. The number of hydrogen-bond acceptors (Lipinski definition) is 2. The van der Waals surface area contributed by atoms with E-state index in [1.165, 1.54) is 257 Å². The van der Waals surface area contributed by atoms with E-state index in [0.717, 1.165) is 119 Å². The second kappa shape index (κ2) is 30.5. The first-order valence-corrected chi connectivity index (χ1v) is 37.9. The zero-order chi connectivity index (χ0) is 53.7. The summed E-state index contributed by atoms with van der Waals surface area (Å²) in [6, 6.07) is 5.17. The van der Waals surface area contributed by atoms with E-state index < -0.39 is 0 Å². The molecule has 0 aliphatic heterocycles. The quantitative estimate of drug-likeness (QED) is 0.142. The highest BCUT2D eigenvalue weighted by Crippen LogP contribution is 2.56. The SMILES string of the molecule is C(=CC1CCC(N(C2CCC(C=CC3CCCCC3)CC2)C2CCC(C3CCC(C4CCC(N(C5CCC(C=CC6CCCCC6)CC5)C5CCC(C=CC6CCCCC6)CC5)CC4)C4CCCCC34)CC2)CC1)C1CCCCC1. The van der Waals surface area contributed by atoms with E-state index >= 15 is 0 Å². The van der Waals surface area contributed by atoms with Crippen LogP contribution in [0.1, 0.15) is 321 Å². The van der Waals surface area contributed by atoms with Crippen LogP contribution in [0.4, 0.5) is 0 Å². The predicted octanol–water partition coefficient (Wildman–Crippen LogP) is 22.3. The lowest BCUT2D eigenvalue weighted by Crippen LogP contribution is -2.53. The zero-order valence-electron chi connectivity index (χ0n) is 52.4. The molecule has 2 nitrogen and oxygen atoms in total. The second-order valence-corrected chi connectivity index (χ2v) is 32.0. The second-order valence-electron chi connectivity index (χ2n) is 32.0. The summed E-state index contributed by atoms with van der Waals surface area (Å²) in [7, 11) is 0. The highest BCUT2D eigenvalue weighted by molar-refractivity contribution is 5.05. The van der Waals surface area contributed by atoms with Gasteiger partial charge in [-0.25, -0.2) is 0 Å². The molecule has 12 fully saturated rings. The van der Waals surface area contributed by atoms with Gasteiger partial charge in [-0.1, -0.05) is 138 Å². The molecule has 80 heavy (non-hydrogen) atoms. The molecule has 4 unspecified atom stereocenters. The number of rotatable bonds is 16. The van der Waals surface area contributed by atoms with E-state index in [4.69, 9.17) is 0 Å². The third-order valence-electron chi connectivity index (χ3n) is 27.2. The van der Waals surface area contributed by atoms with Crippen molar-refractivity contribution in [1.82, 2.24) is 9.80 Å². The molecule has 0 bridgehead atoms. The predicted molar refractivity (Wildman–Crippen MR) is 343 cm³/mol. The number of fused-ring (bicyclic) bond motifs is 1. The molecule has 450 valence electrons. The topological polar surface area (TPSA) is 6.48 Å². The van der Waals surface area contributed by atoms with Crippen molar-refractivity contribution < 1.29 is 0 Å². The molecule has 0 radical (unpaired) electrons. The van der Waals surface area contributed by atoms with Gasteiger partial charge in [-0.2, -0.15) is 0 Å². The summed E-state index contributed by atoms with van der Waals surface area (Å²) < 4.78 is 0. The summed E-state index contributed by atoms with van der Waals surface area (Å²) in [5.41, 5.74) is 0. The van der Waals surface area contributed by atoms with Gasteiger partial charge in [-0.05, 0) is 314 Å². The van der Waals surface area contributed by atoms with Crippen molar-refractivity contribution in [2.24, 2.45) is 82.9 Å². The van der Waals surface area contributed by atoms with Gasteiger partial charge in [0.1, 0.15) is 0 Å². The molecular weight excluding hydrogens is 965 g/mol. The number of allylic oxidation sites excluding steroid dienone is 8. The van der Waals surface area contributed by atoms with E-state index in [-0.39, 0.29) is 0 Å². The lowest BCUT2D eigenvalue weighted by atomic mass is 9.53. The van der Waals surface area contributed by atoms with E-state index in [1.54, 1.807) is 64.2 Å². The highest BCUT2D eigenvalue weighted by Gasteiger charge is 2.48. The molecule has 4 atom stereocenters. The van der Waals surface area contributed by atoms with Gasteiger partial charge >= 0.3 is 0 Å². The van der Waals surface area contributed by atoms with Gasteiger partial charge in [0, 0.05) is 36.3 Å². The standard InChI is InChI=1S/C78H128N2/c1-5-15-59(16-6-1)25-29-63-33-45-69(46-34-63)79(70-47-35-64(36-48-70)30-26-60-17-7-2-8-18-60)73-53-41-67(42-54-73)75-57-58-76(78-24-14-13-23-77(75)78)68-43-55-74(56-44-68)80(71-49-37-65(38-50-71)31-27-61-19-9-3-10-20-61)72-51-39-66(40-52-72)32-28-62-21-11-4-12-22-62/h25-32,59-78H,1-24,33-58H2. The fourth-order valence-corrected chi connectivity index (χ4v) is 22.6. The van der Waals surface area contributed by atoms with Crippen molar-refractivity contribution in [2.45, 2.75) is 357 Å². The molecule has 0 saturated heterocycles. The molecule has 0 amide bonds. The van der Waals surface area contributed by atoms with E-state index in [2.05, 4.69) is 58.4 Å². The average molecular weight is 1090 g/mol. The molecule has 0 aromatic heterocycles. The van der Waals surface area contributed by atoms with Gasteiger partial charge in [0.25, 0.3) is 0 Å². The Bertz CT molecular complexity index is 1620. The molecule has 12 aliphatic carbocycles. The van der Waals surface area contributed by atoms with Gasteiger partial charge < -0.3 is 0 Å². The van der Waals surface area contributed by atoms with Crippen molar-refractivity contribution in [3.8, 4) is 0 Å². The maximum Gasteiger partial charge on any atom is 0.0102 e. The highest BCUT2D eigenvalue weighted by atomic mass is 15.2. The van der Waals surface area contributed by atoms with Crippen LogP contribution >= 0.6 is 0 Å². The van der Waals surface area contributed by atoms with Crippen LogP contribution in [0.25, 0.3) is 0 Å². The molecule has 12 saturated carbocycles. The van der Waals surface area contributed by atoms with Crippen molar-refractivity contribution in [1.29, 1.82) is 0 Å². The van der Waals surface area contributed by atoms with Gasteiger partial charge in [0.15, 0.2) is 0 Å². The largest absolute Gasteiger partial charge is 0.294 e. The van der Waals surface area contributed by atoms with Gasteiger partial charge in [0.2, 0.25) is 0 Å². The summed E-state index contributed by atoms with van der Waals surface area (Å²) in [5, 5.41) is 0. The molecular formula is C78H128N2. The minimum Gasteiger partial charge on any atom is -0.294 e. The van der Waals surface area contributed by atoms with Gasteiger partial charge in [-0.15, -0.1) is 0 Å². The number of hydrogen-bond donors (Lipinski definition) is 0. The lowest BCUT2D eigenvalue weighted by molar-refractivity contribution is -0.0435. The van der Waals surface area contributed by atoms with Crippen molar-refractivity contribution in [3.63, 3.8) is 0 Å². The van der Waals surface area contributed by atoms with Crippen LogP contribution in [-0.4, -0.2) is 46.1 Å². The maximum absolute atomic E-state index is 3.33. The molecule has 0 N–H and O–H groups in total. The van der Waals surface area contributed by atoms with Crippen molar-refractivity contribution in [2.75, 3.05) is 0 Å². The Hall–Kier alpha value is -1.12. The summed E-state index contributed by atoms with van der Waals surface area (Å²) in [5.74, 6) is 13.3. The monoisotopic (exact) mass is 1090 g/mol. The maximum atomic E-state index is 3.33. The molecule has 0 heterocycles. The third-order valence-corrected chi connectivity index (χ3v) is 27.2. The molecule has 2 heteroatoms. The van der Waals surface area contributed by atoms with Gasteiger partial charge in [-0.3, -0.25) is 9.80 Å². The van der Waals surface area contributed by atoms with E-state index in [9.17, 15) is 0 Å². The Morgan fingerprint density at radius 2 is 0.338 bits per heavy atom. The molecule has 0 aromatic carbocycles. The number of nitrogens with zero attached hydrogens (tertiary/aromatic N) is 2. The first-order valence-electron chi connectivity index (χ1n) is 37.9. The minimum atomic E-state index is 0.857. The fraction of sp³-hybridized carbons (Fsp3) is 0.897. The Kier molecular flexibility index (Phi) is 22.6. The molecule has 12 aliphatic rings. The van der Waals surface area contributed by atoms with E-state index in [0.29, 0.717) is 0 Å². The van der Waals surface area contributed by atoms with Crippen LogP contribution in [0.2, 0.25) is 0 Å². The van der Waals surface area contributed by atoms with Crippen LogP contribution in [-0.2, 0) is 0 Å². The van der Waals surface area contributed by atoms with Crippen LogP contribution in [0.5, 0.6) is 0 Å². The van der Waals surface area contributed by atoms with Crippen molar-refractivity contribution in [3.05, 3.63) is 48.6 Å². The Morgan fingerprint density at radius 1 is 0.150 bits per heavy atom. The summed E-state index contributed by atoms with van der Waals surface area (Å²) in [4.78, 5) is 6.66. The Morgan fingerprint density at radius 3 is 0.562 bits per heavy atom. The fourth-order valence-electron chi connectivity index (χ4n) is 22.6. The van der Waals surface area contributed by atoms with Crippen LogP contribution in [0.3, 0.4) is 0 Å². The van der Waals surface area contributed by atoms with Crippen LogP contribution in [0, 0.1) is 82.9 Å². The van der Waals surface area contributed by atoms with Crippen LogP contribution in [0.15, 0.2) is 48.6 Å². The molecule has 0 spiro atoms. The summed E-state index contributed by atoms with van der Waals surface area (Å²) in [6.07, 6.45) is 96.6. The first-order chi connectivity index (χ1) is 39.6. The van der Waals surface area contributed by atoms with Crippen LogP contribution < -0.4 is 0 Å². The summed E-state index contributed by atoms with van der Waals surface area (Å²) in [6.45, 7) is 0. The van der Waals surface area contributed by atoms with Gasteiger partial charge in [0.05, 0.1) is 0 Å². The first kappa shape index (κ1) is 59.2. The third kappa shape index (κ3) is 15.9. The smallest absolute Gasteiger partial charge is 0.0102 e. The normalized spacial score (nSPS) is 41.6. The summed E-state index contributed by atoms with van der Waals surface area (Å²) >= 11 is 0. The molecule has 0 aromatic rings. The zero-order valence-corrected chi connectivity index (χ0v) is 52.4. The average Bonchev–Trinajstić information content (AvgIpc) is 3.60. The molecule has 12 rings (SSSR count).